The molecule has 0 aliphatic carbocycles. The Balaban J connectivity index is 1.56. The SMILES string of the molecule is O=C(Cc1cccs1)Nc1nc(CC(=O)Nc2ccccc2OC(F)(F)F)cs1. The summed E-state index contributed by atoms with van der Waals surface area (Å²) < 4.78 is 41.3. The van der Waals surface area contributed by atoms with E-state index in [-0.39, 0.29) is 24.4 Å². The molecule has 2 amide bonds. The van der Waals surface area contributed by atoms with Gasteiger partial charge in [-0.1, -0.05) is 18.2 Å². The second kappa shape index (κ2) is 9.05. The van der Waals surface area contributed by atoms with Crippen LogP contribution in [0.3, 0.4) is 0 Å². The van der Waals surface area contributed by atoms with E-state index < -0.39 is 18.0 Å². The molecule has 0 atom stereocenters. The number of halogens is 3. The van der Waals surface area contributed by atoms with E-state index in [1.807, 2.05) is 17.5 Å². The molecular formula is C18H14F3N3O3S2. The van der Waals surface area contributed by atoms with Crippen LogP contribution in [-0.4, -0.2) is 23.2 Å². The molecule has 0 aliphatic rings. The Labute approximate surface area is 171 Å². The summed E-state index contributed by atoms with van der Waals surface area (Å²) in [6.45, 7) is 0. The molecule has 0 aliphatic heterocycles. The molecule has 0 spiro atoms. The van der Waals surface area contributed by atoms with Crippen LogP contribution in [0.25, 0.3) is 0 Å². The third-order valence-corrected chi connectivity index (χ3v) is 5.12. The molecule has 2 N–H and O–H groups in total. The first-order valence-corrected chi connectivity index (χ1v) is 9.96. The minimum atomic E-state index is -4.87. The summed E-state index contributed by atoms with van der Waals surface area (Å²) in [5.74, 6) is -1.30. The van der Waals surface area contributed by atoms with Gasteiger partial charge in [0, 0.05) is 10.3 Å². The van der Waals surface area contributed by atoms with Gasteiger partial charge in [-0.15, -0.1) is 35.8 Å². The van der Waals surface area contributed by atoms with Crippen LogP contribution >= 0.6 is 22.7 Å². The molecule has 29 heavy (non-hydrogen) atoms. The van der Waals surface area contributed by atoms with Gasteiger partial charge in [0.15, 0.2) is 10.9 Å². The number of aromatic nitrogens is 1. The molecule has 0 fully saturated rings. The van der Waals surface area contributed by atoms with E-state index in [0.29, 0.717) is 10.8 Å². The molecule has 1 aromatic carbocycles. The number of amides is 2. The van der Waals surface area contributed by atoms with Gasteiger partial charge >= 0.3 is 6.36 Å². The molecule has 0 saturated carbocycles. The molecule has 0 bridgehead atoms. The van der Waals surface area contributed by atoms with Crippen molar-refractivity contribution in [1.29, 1.82) is 0 Å². The Morgan fingerprint density at radius 2 is 1.76 bits per heavy atom. The highest BCUT2D eigenvalue weighted by Crippen LogP contribution is 2.30. The van der Waals surface area contributed by atoms with Gasteiger partial charge in [-0.2, -0.15) is 0 Å². The zero-order valence-corrected chi connectivity index (χ0v) is 16.3. The second-order valence-corrected chi connectivity index (χ2v) is 7.61. The molecule has 0 radical (unpaired) electrons. The van der Waals surface area contributed by atoms with Gasteiger partial charge in [-0.05, 0) is 23.6 Å². The van der Waals surface area contributed by atoms with Gasteiger partial charge in [0.2, 0.25) is 11.8 Å². The Morgan fingerprint density at radius 1 is 1.00 bits per heavy atom. The lowest BCUT2D eigenvalue weighted by molar-refractivity contribution is -0.274. The van der Waals surface area contributed by atoms with Crippen molar-refractivity contribution in [1.82, 2.24) is 4.98 Å². The van der Waals surface area contributed by atoms with E-state index in [1.165, 1.54) is 29.5 Å². The van der Waals surface area contributed by atoms with Crippen molar-refractivity contribution >= 4 is 45.3 Å². The number of benzene rings is 1. The van der Waals surface area contributed by atoms with E-state index in [1.54, 1.807) is 5.38 Å². The smallest absolute Gasteiger partial charge is 0.404 e. The third kappa shape index (κ3) is 6.57. The Hall–Kier alpha value is -2.92. The van der Waals surface area contributed by atoms with Gasteiger partial charge in [-0.3, -0.25) is 9.59 Å². The van der Waals surface area contributed by atoms with Crippen LogP contribution in [0.4, 0.5) is 24.0 Å². The Bertz CT molecular complexity index is 988. The van der Waals surface area contributed by atoms with Crippen molar-refractivity contribution in [2.24, 2.45) is 0 Å². The van der Waals surface area contributed by atoms with E-state index in [2.05, 4.69) is 20.4 Å². The molecule has 3 aromatic rings. The minimum absolute atomic E-state index is 0.102. The van der Waals surface area contributed by atoms with Crippen LogP contribution in [-0.2, 0) is 22.4 Å². The Kier molecular flexibility index (Phi) is 6.49. The molecule has 6 nitrogen and oxygen atoms in total. The highest BCUT2D eigenvalue weighted by Gasteiger charge is 2.32. The number of carbonyl (C=O) groups is 2. The number of ether oxygens (including phenoxy) is 1. The van der Waals surface area contributed by atoms with Crippen LogP contribution in [0.15, 0.2) is 47.2 Å². The number of carbonyl (C=O) groups excluding carboxylic acids is 2. The number of rotatable bonds is 7. The van der Waals surface area contributed by atoms with Gasteiger partial charge < -0.3 is 15.4 Å². The van der Waals surface area contributed by atoms with E-state index >= 15 is 0 Å². The topological polar surface area (TPSA) is 80.3 Å². The summed E-state index contributed by atoms with van der Waals surface area (Å²) in [5.41, 5.74) is 0.280. The normalized spacial score (nSPS) is 11.1. The second-order valence-electron chi connectivity index (χ2n) is 5.72. The van der Waals surface area contributed by atoms with Crippen LogP contribution in [0.2, 0.25) is 0 Å². The fraction of sp³-hybridized carbons (Fsp3) is 0.167. The molecule has 0 saturated heterocycles. The van der Waals surface area contributed by atoms with Crippen molar-refractivity contribution < 1.29 is 27.5 Å². The molecule has 0 unspecified atom stereocenters. The number of nitrogens with one attached hydrogen (secondary N) is 2. The van der Waals surface area contributed by atoms with Crippen LogP contribution in [0.1, 0.15) is 10.6 Å². The third-order valence-electron chi connectivity index (χ3n) is 3.44. The maximum absolute atomic E-state index is 12.5. The van der Waals surface area contributed by atoms with Gasteiger partial charge in [0.25, 0.3) is 0 Å². The standard InChI is InChI=1S/C18H14F3N3O3S2/c19-18(20,21)27-14-6-2-1-5-13(14)23-15(25)8-11-10-29-17(22-11)24-16(26)9-12-4-3-7-28-12/h1-7,10H,8-9H2,(H,23,25)(H,22,24,26). The van der Waals surface area contributed by atoms with Gasteiger partial charge in [-0.25, -0.2) is 4.98 Å². The Morgan fingerprint density at radius 3 is 2.48 bits per heavy atom. The predicted octanol–water partition coefficient (Wildman–Crippen LogP) is 4.47. The zero-order chi connectivity index (χ0) is 20.9. The number of alkyl halides is 3. The van der Waals surface area contributed by atoms with Crippen molar-refractivity contribution in [3.8, 4) is 5.75 Å². The fourth-order valence-electron chi connectivity index (χ4n) is 2.32. The largest absolute Gasteiger partial charge is 0.573 e. The molecule has 152 valence electrons. The number of nitrogens with zero attached hydrogens (tertiary/aromatic N) is 1. The number of thiophene rings is 1. The molecule has 2 heterocycles. The molecular weight excluding hydrogens is 427 g/mol. The van der Waals surface area contributed by atoms with Crippen molar-refractivity contribution in [2.45, 2.75) is 19.2 Å². The van der Waals surface area contributed by atoms with Crippen molar-refractivity contribution in [3.63, 3.8) is 0 Å². The molecule has 3 rings (SSSR count). The van der Waals surface area contributed by atoms with E-state index in [9.17, 15) is 22.8 Å². The zero-order valence-electron chi connectivity index (χ0n) is 14.7. The maximum atomic E-state index is 12.5. The lowest BCUT2D eigenvalue weighted by atomic mass is 10.2. The maximum Gasteiger partial charge on any atom is 0.573 e. The summed E-state index contributed by atoms with van der Waals surface area (Å²) in [6.07, 6.45) is -4.81. The molecule has 2 aromatic heterocycles. The lowest BCUT2D eigenvalue weighted by Crippen LogP contribution is -2.20. The van der Waals surface area contributed by atoms with Crippen LogP contribution < -0.4 is 15.4 Å². The van der Waals surface area contributed by atoms with Crippen LogP contribution in [0.5, 0.6) is 5.75 Å². The monoisotopic (exact) mass is 441 g/mol. The number of hydrogen-bond acceptors (Lipinski definition) is 6. The van der Waals surface area contributed by atoms with E-state index in [4.69, 9.17) is 0 Å². The van der Waals surface area contributed by atoms with Gasteiger partial charge in [0.1, 0.15) is 0 Å². The quantitative estimate of drug-likeness (QED) is 0.567. The predicted molar refractivity (Wildman–Crippen MR) is 104 cm³/mol. The van der Waals surface area contributed by atoms with Crippen LogP contribution in [0, 0.1) is 0 Å². The first-order chi connectivity index (χ1) is 13.8. The number of anilines is 2. The lowest BCUT2D eigenvalue weighted by Gasteiger charge is -2.13. The first kappa shape index (κ1) is 20.8. The minimum Gasteiger partial charge on any atom is -0.404 e. The summed E-state index contributed by atoms with van der Waals surface area (Å²) in [5, 5.41) is 8.85. The van der Waals surface area contributed by atoms with Crippen molar-refractivity contribution in [3.05, 3.63) is 57.7 Å². The number of hydrogen-bond donors (Lipinski definition) is 2. The summed E-state index contributed by atoms with van der Waals surface area (Å²) in [4.78, 5) is 29.2. The highest BCUT2D eigenvalue weighted by atomic mass is 32.1. The fourth-order valence-corrected chi connectivity index (χ4v) is 3.75. The summed E-state index contributed by atoms with van der Waals surface area (Å²) >= 11 is 2.63. The summed E-state index contributed by atoms with van der Waals surface area (Å²) in [6, 6.07) is 8.95. The van der Waals surface area contributed by atoms with Gasteiger partial charge in [0.05, 0.1) is 24.2 Å². The average Bonchev–Trinajstić information content (AvgIpc) is 3.27. The first-order valence-electron chi connectivity index (χ1n) is 8.20. The van der Waals surface area contributed by atoms with Crippen molar-refractivity contribution in [2.75, 3.05) is 10.6 Å². The van der Waals surface area contributed by atoms with E-state index in [0.717, 1.165) is 22.3 Å². The number of para-hydroxylation sites is 2. The molecule has 11 heteroatoms. The summed E-state index contributed by atoms with van der Waals surface area (Å²) in [7, 11) is 0. The average molecular weight is 441 g/mol. The highest BCUT2D eigenvalue weighted by molar-refractivity contribution is 7.14. The number of thiazole rings is 1.